The summed E-state index contributed by atoms with van der Waals surface area (Å²) in [7, 11) is 3.72. The lowest BCUT2D eigenvalue weighted by Crippen LogP contribution is -2.36. The van der Waals surface area contributed by atoms with Gasteiger partial charge in [-0.1, -0.05) is 11.6 Å². The Morgan fingerprint density at radius 1 is 1.28 bits per heavy atom. The van der Waals surface area contributed by atoms with E-state index in [0.717, 1.165) is 32.6 Å². The minimum Gasteiger partial charge on any atom is -0.352 e. The van der Waals surface area contributed by atoms with Crippen molar-refractivity contribution in [2.75, 3.05) is 7.05 Å². The molecule has 0 spiro atoms. The first-order valence-electron chi connectivity index (χ1n) is 7.96. The zero-order chi connectivity index (χ0) is 18.0. The van der Waals surface area contributed by atoms with Crippen molar-refractivity contribution in [1.29, 1.82) is 0 Å². The van der Waals surface area contributed by atoms with Crippen molar-refractivity contribution in [1.82, 2.24) is 25.4 Å². The van der Waals surface area contributed by atoms with Gasteiger partial charge in [-0.05, 0) is 32.0 Å². The fourth-order valence-corrected chi connectivity index (χ4v) is 3.70. The van der Waals surface area contributed by atoms with Crippen LogP contribution in [0, 0.1) is 13.8 Å². The molecule has 0 aliphatic rings. The minimum atomic E-state index is 0.613. The van der Waals surface area contributed by atoms with Crippen LogP contribution in [0.4, 0.5) is 0 Å². The predicted octanol–water partition coefficient (Wildman–Crippen LogP) is 3.17. The monoisotopic (exact) mass is 376 g/mol. The number of aryl methyl sites for hydroxylation is 2. The molecule has 25 heavy (non-hydrogen) atoms. The summed E-state index contributed by atoms with van der Waals surface area (Å²) in [4.78, 5) is 8.88. The summed E-state index contributed by atoms with van der Waals surface area (Å²) in [6, 6.07) is 5.77. The largest absolute Gasteiger partial charge is 0.352 e. The second kappa shape index (κ2) is 7.41. The zero-order valence-electron chi connectivity index (χ0n) is 14.7. The highest BCUT2D eigenvalue weighted by Gasteiger charge is 2.10. The van der Waals surface area contributed by atoms with Gasteiger partial charge in [0.1, 0.15) is 5.01 Å². The molecule has 0 aliphatic heterocycles. The summed E-state index contributed by atoms with van der Waals surface area (Å²) >= 11 is 7.67. The number of hydrogen-bond donors (Lipinski definition) is 2. The molecular formula is C17H21ClN6S. The number of guanidine groups is 1. The molecule has 2 heterocycles. The average molecular weight is 377 g/mol. The third-order valence-electron chi connectivity index (χ3n) is 4.12. The lowest BCUT2D eigenvalue weighted by atomic mass is 10.2. The molecule has 2 aromatic heterocycles. The molecule has 2 N–H and O–H groups in total. The topological polar surface area (TPSA) is 67.1 Å². The van der Waals surface area contributed by atoms with Gasteiger partial charge in [0.15, 0.2) is 5.96 Å². The Morgan fingerprint density at radius 2 is 2.04 bits per heavy atom. The molecule has 0 unspecified atom stereocenters. The highest BCUT2D eigenvalue weighted by molar-refractivity contribution is 7.18. The molecule has 0 aliphatic carbocycles. The fourth-order valence-electron chi connectivity index (χ4n) is 2.65. The number of aliphatic imine (C=N–C) groups is 1. The van der Waals surface area contributed by atoms with E-state index in [1.807, 2.05) is 36.9 Å². The van der Waals surface area contributed by atoms with E-state index in [0.29, 0.717) is 18.1 Å². The fraction of sp³-hybridized carbons (Fsp3) is 0.353. The van der Waals surface area contributed by atoms with Crippen LogP contribution in [-0.2, 0) is 20.1 Å². The molecule has 3 rings (SSSR count). The van der Waals surface area contributed by atoms with Gasteiger partial charge in [-0.3, -0.25) is 9.67 Å². The molecule has 0 saturated heterocycles. The van der Waals surface area contributed by atoms with E-state index in [2.05, 4.69) is 32.6 Å². The number of halogens is 1. The van der Waals surface area contributed by atoms with Crippen LogP contribution in [0.5, 0.6) is 0 Å². The molecule has 8 heteroatoms. The Bertz CT molecular complexity index is 927. The molecule has 132 valence electrons. The van der Waals surface area contributed by atoms with E-state index in [9.17, 15) is 0 Å². The third kappa shape index (κ3) is 3.93. The molecule has 6 nitrogen and oxygen atoms in total. The summed E-state index contributed by atoms with van der Waals surface area (Å²) < 4.78 is 3.03. The van der Waals surface area contributed by atoms with Crippen LogP contribution in [0.1, 0.15) is 22.0 Å². The smallest absolute Gasteiger partial charge is 0.191 e. The zero-order valence-corrected chi connectivity index (χ0v) is 16.3. The van der Waals surface area contributed by atoms with E-state index in [1.54, 1.807) is 18.4 Å². The predicted molar refractivity (Wildman–Crippen MR) is 104 cm³/mol. The summed E-state index contributed by atoms with van der Waals surface area (Å²) in [6.45, 7) is 5.38. The first kappa shape index (κ1) is 17.7. The van der Waals surface area contributed by atoms with Gasteiger partial charge >= 0.3 is 0 Å². The molecule has 0 bridgehead atoms. The molecule has 0 fully saturated rings. The quantitative estimate of drug-likeness (QED) is 0.542. The van der Waals surface area contributed by atoms with Crippen LogP contribution >= 0.6 is 22.9 Å². The third-order valence-corrected chi connectivity index (χ3v) is 5.39. The second-order valence-corrected chi connectivity index (χ2v) is 7.32. The van der Waals surface area contributed by atoms with Gasteiger partial charge in [0, 0.05) is 36.9 Å². The number of nitrogens with one attached hydrogen (secondary N) is 2. The van der Waals surface area contributed by atoms with E-state index in [1.165, 1.54) is 5.56 Å². The molecule has 1 aromatic carbocycles. The van der Waals surface area contributed by atoms with E-state index < -0.39 is 0 Å². The Labute approximate surface area is 155 Å². The molecule has 0 atom stereocenters. The number of fused-ring (bicyclic) bond motifs is 1. The van der Waals surface area contributed by atoms with Crippen molar-refractivity contribution in [3.05, 3.63) is 45.2 Å². The van der Waals surface area contributed by atoms with Crippen LogP contribution < -0.4 is 10.6 Å². The highest BCUT2D eigenvalue weighted by Crippen LogP contribution is 2.24. The Hall–Kier alpha value is -2.12. The summed E-state index contributed by atoms with van der Waals surface area (Å²) in [5.74, 6) is 0.736. The number of rotatable bonds is 4. The van der Waals surface area contributed by atoms with E-state index in [4.69, 9.17) is 11.6 Å². The molecule has 0 amide bonds. The summed E-state index contributed by atoms with van der Waals surface area (Å²) in [6.07, 6.45) is 0. The van der Waals surface area contributed by atoms with Crippen molar-refractivity contribution in [3.8, 4) is 0 Å². The van der Waals surface area contributed by atoms with Gasteiger partial charge in [0.25, 0.3) is 0 Å². The van der Waals surface area contributed by atoms with E-state index >= 15 is 0 Å². The Kier molecular flexibility index (Phi) is 5.24. The van der Waals surface area contributed by atoms with E-state index in [-0.39, 0.29) is 0 Å². The molecular weight excluding hydrogens is 356 g/mol. The van der Waals surface area contributed by atoms with Gasteiger partial charge in [0.2, 0.25) is 0 Å². The normalized spacial score (nSPS) is 12.0. The van der Waals surface area contributed by atoms with Crippen molar-refractivity contribution < 1.29 is 0 Å². The number of aromatic nitrogens is 3. The maximum atomic E-state index is 6.02. The highest BCUT2D eigenvalue weighted by atomic mass is 35.5. The van der Waals surface area contributed by atoms with Gasteiger partial charge in [0.05, 0.1) is 22.5 Å². The number of nitrogens with zero attached hydrogens (tertiary/aromatic N) is 4. The first-order chi connectivity index (χ1) is 12.0. The lowest BCUT2D eigenvalue weighted by Gasteiger charge is -2.11. The van der Waals surface area contributed by atoms with Crippen molar-refractivity contribution in [2.45, 2.75) is 26.9 Å². The van der Waals surface area contributed by atoms with Crippen LogP contribution in [0.15, 0.2) is 23.2 Å². The van der Waals surface area contributed by atoms with Crippen LogP contribution in [0.25, 0.3) is 10.2 Å². The lowest BCUT2D eigenvalue weighted by molar-refractivity contribution is 0.728. The number of hydrogen-bond acceptors (Lipinski definition) is 4. The van der Waals surface area contributed by atoms with Crippen LogP contribution in [-0.4, -0.2) is 27.8 Å². The first-order valence-corrected chi connectivity index (χ1v) is 9.16. The maximum Gasteiger partial charge on any atom is 0.191 e. The summed E-state index contributed by atoms with van der Waals surface area (Å²) in [5, 5.41) is 12.8. The minimum absolute atomic E-state index is 0.613. The molecule has 0 radical (unpaired) electrons. The van der Waals surface area contributed by atoms with Crippen LogP contribution in [0.3, 0.4) is 0 Å². The standard InChI is InChI=1S/C17H21ClN6S/c1-10-13(11(2)24(4)23-10)8-20-17(19-3)21-9-16-22-14-7-12(18)5-6-15(14)25-16/h5-7H,8-9H2,1-4H3,(H2,19,20,21). The van der Waals surface area contributed by atoms with Gasteiger partial charge < -0.3 is 10.6 Å². The number of benzene rings is 1. The van der Waals surface area contributed by atoms with Gasteiger partial charge in [-0.15, -0.1) is 11.3 Å². The number of thiazole rings is 1. The molecule has 3 aromatic rings. The van der Waals surface area contributed by atoms with Crippen LogP contribution in [0.2, 0.25) is 5.02 Å². The Morgan fingerprint density at radius 3 is 2.72 bits per heavy atom. The van der Waals surface area contributed by atoms with Gasteiger partial charge in [-0.2, -0.15) is 5.10 Å². The van der Waals surface area contributed by atoms with Gasteiger partial charge in [-0.25, -0.2) is 4.98 Å². The Balaban J connectivity index is 1.62. The molecule has 0 saturated carbocycles. The maximum absolute atomic E-state index is 6.02. The van der Waals surface area contributed by atoms with Crippen molar-refractivity contribution in [3.63, 3.8) is 0 Å². The SMILES string of the molecule is CN=C(NCc1nc2cc(Cl)ccc2s1)NCc1c(C)nn(C)c1C. The second-order valence-electron chi connectivity index (χ2n) is 5.77. The summed E-state index contributed by atoms with van der Waals surface area (Å²) in [5.41, 5.74) is 4.31. The van der Waals surface area contributed by atoms with Crippen molar-refractivity contribution >= 4 is 39.1 Å². The van der Waals surface area contributed by atoms with Crippen molar-refractivity contribution in [2.24, 2.45) is 12.0 Å². The average Bonchev–Trinajstić information content (AvgIpc) is 3.09.